The highest BCUT2D eigenvalue weighted by Gasteiger charge is 2.27. The maximum atomic E-state index is 4.18. The SMILES string of the molecule is Cc1cc(C)cc(CNC2CCCC2n2ccnc2)c1. The van der Waals surface area contributed by atoms with Gasteiger partial charge in [-0.15, -0.1) is 0 Å². The standard InChI is InChI=1S/C17H23N3/c1-13-8-14(2)10-15(9-13)11-19-16-4-3-5-17(16)20-7-6-18-12-20/h6-10,12,16-17,19H,3-5,11H2,1-2H3. The van der Waals surface area contributed by atoms with Crippen LogP contribution in [0.1, 0.15) is 42.0 Å². The van der Waals surface area contributed by atoms with Crippen molar-refractivity contribution in [1.29, 1.82) is 0 Å². The molecule has 0 saturated heterocycles. The van der Waals surface area contributed by atoms with E-state index < -0.39 is 0 Å². The first-order valence-corrected chi connectivity index (χ1v) is 7.50. The first kappa shape index (κ1) is 13.4. The molecular formula is C17H23N3. The van der Waals surface area contributed by atoms with Gasteiger partial charge in [-0.25, -0.2) is 4.98 Å². The van der Waals surface area contributed by atoms with Crippen LogP contribution in [-0.4, -0.2) is 15.6 Å². The predicted octanol–water partition coefficient (Wildman–Crippen LogP) is 3.38. The van der Waals surface area contributed by atoms with Crippen LogP contribution in [-0.2, 0) is 6.54 Å². The van der Waals surface area contributed by atoms with Gasteiger partial charge in [-0.3, -0.25) is 0 Å². The van der Waals surface area contributed by atoms with Crippen LogP contribution in [0.25, 0.3) is 0 Å². The Hall–Kier alpha value is -1.61. The Kier molecular flexibility index (Phi) is 3.88. The summed E-state index contributed by atoms with van der Waals surface area (Å²) in [5.41, 5.74) is 4.08. The van der Waals surface area contributed by atoms with Crippen LogP contribution in [0.15, 0.2) is 36.9 Å². The van der Waals surface area contributed by atoms with Gasteiger partial charge in [0, 0.05) is 31.0 Å². The third-order valence-electron chi connectivity index (χ3n) is 4.24. The molecule has 0 spiro atoms. The summed E-state index contributed by atoms with van der Waals surface area (Å²) in [6.07, 6.45) is 9.71. The van der Waals surface area contributed by atoms with Crippen molar-refractivity contribution in [3.8, 4) is 0 Å². The van der Waals surface area contributed by atoms with Gasteiger partial charge in [0.2, 0.25) is 0 Å². The molecule has 0 amide bonds. The van der Waals surface area contributed by atoms with Crippen molar-refractivity contribution in [1.82, 2.24) is 14.9 Å². The average Bonchev–Trinajstić information content (AvgIpc) is 3.06. The zero-order chi connectivity index (χ0) is 13.9. The molecule has 20 heavy (non-hydrogen) atoms. The number of aryl methyl sites for hydroxylation is 2. The number of benzene rings is 1. The molecule has 1 saturated carbocycles. The summed E-state index contributed by atoms with van der Waals surface area (Å²) in [4.78, 5) is 4.18. The quantitative estimate of drug-likeness (QED) is 0.922. The summed E-state index contributed by atoms with van der Waals surface area (Å²) in [7, 11) is 0. The highest BCUT2D eigenvalue weighted by atomic mass is 15.1. The first-order valence-electron chi connectivity index (χ1n) is 7.50. The Morgan fingerprint density at radius 3 is 2.70 bits per heavy atom. The van der Waals surface area contributed by atoms with Gasteiger partial charge >= 0.3 is 0 Å². The van der Waals surface area contributed by atoms with Gasteiger partial charge in [-0.2, -0.15) is 0 Å². The summed E-state index contributed by atoms with van der Waals surface area (Å²) < 4.78 is 2.26. The van der Waals surface area contributed by atoms with E-state index in [0.29, 0.717) is 12.1 Å². The normalized spacial score (nSPS) is 22.3. The molecule has 3 heteroatoms. The van der Waals surface area contributed by atoms with Crippen LogP contribution < -0.4 is 5.32 Å². The van der Waals surface area contributed by atoms with Crippen LogP contribution in [0.2, 0.25) is 0 Å². The fourth-order valence-corrected chi connectivity index (χ4v) is 3.42. The molecule has 1 fully saturated rings. The maximum absolute atomic E-state index is 4.18. The lowest BCUT2D eigenvalue weighted by molar-refractivity contribution is 0.390. The molecule has 1 aliphatic rings. The van der Waals surface area contributed by atoms with E-state index in [1.54, 1.807) is 0 Å². The van der Waals surface area contributed by atoms with Crippen LogP contribution in [0, 0.1) is 13.8 Å². The van der Waals surface area contributed by atoms with Crippen molar-refractivity contribution in [2.24, 2.45) is 0 Å². The van der Waals surface area contributed by atoms with Crippen molar-refractivity contribution >= 4 is 0 Å². The van der Waals surface area contributed by atoms with Crippen LogP contribution in [0.4, 0.5) is 0 Å². The highest BCUT2D eigenvalue weighted by Crippen LogP contribution is 2.30. The topological polar surface area (TPSA) is 29.9 Å². The van der Waals surface area contributed by atoms with Crippen LogP contribution >= 0.6 is 0 Å². The molecule has 0 bridgehead atoms. The van der Waals surface area contributed by atoms with Crippen molar-refractivity contribution in [3.05, 3.63) is 53.6 Å². The molecule has 2 unspecified atom stereocenters. The second kappa shape index (κ2) is 5.80. The summed E-state index contributed by atoms with van der Waals surface area (Å²) in [6.45, 7) is 5.29. The van der Waals surface area contributed by atoms with Gasteiger partial charge < -0.3 is 9.88 Å². The molecule has 3 nitrogen and oxygen atoms in total. The molecule has 1 heterocycles. The van der Waals surface area contributed by atoms with Gasteiger partial charge in [-0.1, -0.05) is 29.3 Å². The molecule has 2 aromatic rings. The summed E-state index contributed by atoms with van der Waals surface area (Å²) >= 11 is 0. The minimum atomic E-state index is 0.559. The number of hydrogen-bond donors (Lipinski definition) is 1. The van der Waals surface area contributed by atoms with Crippen molar-refractivity contribution in [2.45, 2.75) is 51.7 Å². The fourth-order valence-electron chi connectivity index (χ4n) is 3.42. The zero-order valence-corrected chi connectivity index (χ0v) is 12.3. The predicted molar refractivity (Wildman–Crippen MR) is 81.7 cm³/mol. The third kappa shape index (κ3) is 2.93. The molecule has 1 aromatic carbocycles. The Morgan fingerprint density at radius 1 is 1.20 bits per heavy atom. The molecule has 0 aliphatic heterocycles. The smallest absolute Gasteiger partial charge is 0.0949 e. The number of nitrogens with one attached hydrogen (secondary N) is 1. The van der Waals surface area contributed by atoms with E-state index in [1.807, 2.05) is 12.5 Å². The van der Waals surface area contributed by atoms with Gasteiger partial charge in [0.1, 0.15) is 0 Å². The maximum Gasteiger partial charge on any atom is 0.0949 e. The van der Waals surface area contributed by atoms with Crippen LogP contribution in [0.3, 0.4) is 0 Å². The van der Waals surface area contributed by atoms with Crippen molar-refractivity contribution < 1.29 is 0 Å². The summed E-state index contributed by atoms with van der Waals surface area (Å²) in [6, 6.07) is 7.91. The Labute approximate surface area is 121 Å². The third-order valence-corrected chi connectivity index (χ3v) is 4.24. The molecular weight excluding hydrogens is 246 g/mol. The first-order chi connectivity index (χ1) is 9.72. The molecule has 3 rings (SSSR count). The van der Waals surface area contributed by atoms with Gasteiger partial charge in [0.15, 0.2) is 0 Å². The lowest BCUT2D eigenvalue weighted by atomic mass is 10.1. The van der Waals surface area contributed by atoms with E-state index >= 15 is 0 Å². The Balaban J connectivity index is 1.65. The van der Waals surface area contributed by atoms with Crippen LogP contribution in [0.5, 0.6) is 0 Å². The minimum Gasteiger partial charge on any atom is -0.333 e. The van der Waals surface area contributed by atoms with E-state index in [1.165, 1.54) is 36.0 Å². The lowest BCUT2D eigenvalue weighted by Gasteiger charge is -2.22. The molecule has 106 valence electrons. The number of hydrogen-bond acceptors (Lipinski definition) is 2. The zero-order valence-electron chi connectivity index (χ0n) is 12.3. The van der Waals surface area contributed by atoms with Crippen molar-refractivity contribution in [3.63, 3.8) is 0 Å². The Morgan fingerprint density at radius 2 is 2.00 bits per heavy atom. The highest BCUT2D eigenvalue weighted by molar-refractivity contribution is 5.28. The monoisotopic (exact) mass is 269 g/mol. The van der Waals surface area contributed by atoms with Gasteiger partial charge in [0.25, 0.3) is 0 Å². The number of imidazole rings is 1. The van der Waals surface area contributed by atoms with Gasteiger partial charge in [0.05, 0.1) is 6.33 Å². The molecule has 0 radical (unpaired) electrons. The summed E-state index contributed by atoms with van der Waals surface area (Å²) in [5, 5.41) is 3.74. The molecule has 1 aliphatic carbocycles. The number of rotatable bonds is 4. The van der Waals surface area contributed by atoms with E-state index in [4.69, 9.17) is 0 Å². The fraction of sp³-hybridized carbons (Fsp3) is 0.471. The van der Waals surface area contributed by atoms with E-state index in [9.17, 15) is 0 Å². The van der Waals surface area contributed by atoms with E-state index in [2.05, 4.69) is 53.1 Å². The molecule has 1 N–H and O–H groups in total. The number of nitrogens with zero attached hydrogens (tertiary/aromatic N) is 2. The lowest BCUT2D eigenvalue weighted by Crippen LogP contribution is -2.33. The van der Waals surface area contributed by atoms with E-state index in [-0.39, 0.29) is 0 Å². The molecule has 1 aromatic heterocycles. The second-order valence-electron chi connectivity index (χ2n) is 5.99. The second-order valence-corrected chi connectivity index (χ2v) is 5.99. The van der Waals surface area contributed by atoms with Gasteiger partial charge in [-0.05, 0) is 38.7 Å². The molecule has 2 atom stereocenters. The minimum absolute atomic E-state index is 0.559. The van der Waals surface area contributed by atoms with Crippen molar-refractivity contribution in [2.75, 3.05) is 0 Å². The largest absolute Gasteiger partial charge is 0.333 e. The van der Waals surface area contributed by atoms with E-state index in [0.717, 1.165) is 6.54 Å². The number of aromatic nitrogens is 2. The average molecular weight is 269 g/mol. The Bertz CT molecular complexity index is 539. The summed E-state index contributed by atoms with van der Waals surface area (Å²) in [5.74, 6) is 0.